The zero-order valence-electron chi connectivity index (χ0n) is 75.7. The van der Waals surface area contributed by atoms with Crippen molar-refractivity contribution in [2.24, 2.45) is 23.7 Å². The van der Waals surface area contributed by atoms with Gasteiger partial charge in [-0.2, -0.15) is 11.8 Å². The van der Waals surface area contributed by atoms with Gasteiger partial charge in [0.1, 0.15) is 35.0 Å². The number of benzene rings is 7. The molecule has 1 amide bonds. The average Bonchev–Trinajstić information content (AvgIpc) is 1.41. The van der Waals surface area contributed by atoms with Crippen LogP contribution in [0.5, 0.6) is 17.2 Å². The summed E-state index contributed by atoms with van der Waals surface area (Å²) in [6, 6.07) is 62.2. The summed E-state index contributed by atoms with van der Waals surface area (Å²) < 4.78 is 52.4. The molecular formula is C100H127NO18SSi3. The zero-order chi connectivity index (χ0) is 90.5. The normalized spacial score (nSPS) is 20.9. The third-order valence-electron chi connectivity index (χ3n) is 22.9. The first-order chi connectivity index (χ1) is 58.0. The van der Waals surface area contributed by atoms with Crippen LogP contribution in [0, 0.1) is 30.6 Å². The topological polar surface area (TPSA) is 252 Å². The first-order valence-electron chi connectivity index (χ1n) is 42.2. The predicted octanol–water partition coefficient (Wildman–Crippen LogP) is 18.0. The Morgan fingerprint density at radius 3 is 1.32 bits per heavy atom. The molecule has 0 heterocycles. The second-order valence-corrected chi connectivity index (χ2v) is 49.8. The molecule has 658 valence electrons. The van der Waals surface area contributed by atoms with E-state index < -0.39 is 66.7 Å². The number of esters is 2. The number of carboxylic acid groups (broad SMARTS) is 1. The molecule has 123 heavy (non-hydrogen) atoms. The highest BCUT2D eigenvalue weighted by atomic mass is 32.2. The van der Waals surface area contributed by atoms with Crippen LogP contribution >= 0.6 is 11.8 Å². The van der Waals surface area contributed by atoms with Crippen molar-refractivity contribution in [2.75, 3.05) is 34.2 Å². The molecule has 0 aliphatic heterocycles. The van der Waals surface area contributed by atoms with Crippen LogP contribution in [-0.2, 0) is 61.1 Å². The highest BCUT2D eigenvalue weighted by molar-refractivity contribution is 8.00. The van der Waals surface area contributed by atoms with Gasteiger partial charge in [0.05, 0.1) is 59.6 Å². The summed E-state index contributed by atoms with van der Waals surface area (Å²) >= 11 is 1.45. The van der Waals surface area contributed by atoms with Gasteiger partial charge in [-0.1, -0.05) is 234 Å². The van der Waals surface area contributed by atoms with Crippen LogP contribution in [0.2, 0.25) is 29.7 Å². The molecule has 9 atom stereocenters. The van der Waals surface area contributed by atoms with Crippen molar-refractivity contribution in [3.05, 3.63) is 239 Å². The van der Waals surface area contributed by atoms with Crippen molar-refractivity contribution in [3.63, 3.8) is 0 Å². The quantitative estimate of drug-likeness (QED) is 0.0221. The lowest BCUT2D eigenvalue weighted by atomic mass is 10.0. The molecule has 7 aromatic rings. The first kappa shape index (κ1) is 98.6. The molecule has 4 fully saturated rings. The number of carbonyl (C=O) groups is 8. The molecule has 4 aliphatic carbocycles. The van der Waals surface area contributed by atoms with Crippen LogP contribution < -0.4 is 40.3 Å². The molecule has 7 unspecified atom stereocenters. The number of carboxylic acids is 1. The molecule has 4 saturated carbocycles. The maximum atomic E-state index is 13.3. The standard InChI is InChI=1S/C31H36O3Si.C27H28O3Si.C24H43NO6SSi.C18H20O6/c1-22-19-25(33-6)18-17-24(22)21-28-29(32)20-23(2)30(28)34-35(31(3,4)5,26-13-9-7-10-14-26)27-15-11-8-12-16-27;1-20-18-26(28)25(19-21-14-16-22(29-2)17-15-21)27(20)30-31(3,23-10-6-4-7-11-23)24-12-8-5-9-13-24;1-15(2)12-16-18(26)13-19(20(16)31-33(10,11)24(6,7)8)32-14-17(21(27)29-9)25-22(28)30-23(3,4)5;1-11-9-15(19)14(10-12-3-5-13(23-2)6-4-12)18(11)24-17(22)8-7-16(20)21/h7-19,21,23,30H,20H2,1-6H3;4-17,19-20,27H,18H2,1-3H3;12,15,17,19-20H,13-14H2,1-11H3,(H,25,28);3-6,10-11,18H,7-9H2,1-2H3,(H,20,21)/b;;16-12-;/t;;17-,19?,20-;/m..0./s1. The van der Waals surface area contributed by atoms with E-state index >= 15 is 0 Å². The number of nitrogens with one attached hydrogen (secondary N) is 1. The summed E-state index contributed by atoms with van der Waals surface area (Å²) in [5.41, 5.74) is 5.91. The molecule has 0 radical (unpaired) electrons. The molecule has 0 aromatic heterocycles. The van der Waals surface area contributed by atoms with Crippen molar-refractivity contribution in [1.82, 2.24) is 5.32 Å². The fourth-order valence-corrected chi connectivity index (χ4v) is 25.8. The molecule has 0 bridgehead atoms. The Labute approximate surface area is 735 Å². The molecule has 4 aliphatic rings. The molecule has 7 aromatic carbocycles. The summed E-state index contributed by atoms with van der Waals surface area (Å²) in [5.74, 6) is 1.05. The second kappa shape index (κ2) is 43.6. The number of alkyl carbamates (subject to hydrolysis) is 1. The number of ether oxygens (including phenoxy) is 6. The van der Waals surface area contributed by atoms with E-state index in [0.717, 1.165) is 50.5 Å². The van der Waals surface area contributed by atoms with Crippen LogP contribution in [-0.4, -0.2) is 153 Å². The number of allylic oxidation sites excluding steroid dienone is 1. The van der Waals surface area contributed by atoms with Crippen molar-refractivity contribution >= 4 is 123 Å². The van der Waals surface area contributed by atoms with E-state index in [-0.39, 0.29) is 99.0 Å². The van der Waals surface area contributed by atoms with E-state index in [0.29, 0.717) is 37.0 Å². The maximum absolute atomic E-state index is 13.3. The molecule has 0 saturated heterocycles. The van der Waals surface area contributed by atoms with Crippen molar-refractivity contribution in [1.29, 1.82) is 0 Å². The third-order valence-corrected chi connectivity index (χ3v) is 37.3. The van der Waals surface area contributed by atoms with Crippen LogP contribution in [0.3, 0.4) is 0 Å². The summed E-state index contributed by atoms with van der Waals surface area (Å²) in [7, 11) is -1.30. The summed E-state index contributed by atoms with van der Waals surface area (Å²) in [6.07, 6.45) is 6.74. The van der Waals surface area contributed by atoms with Gasteiger partial charge in [-0.15, -0.1) is 0 Å². The second-order valence-electron chi connectivity index (χ2n) is 36.1. The van der Waals surface area contributed by atoms with Gasteiger partial charge in [0.15, 0.2) is 31.5 Å². The Morgan fingerprint density at radius 2 is 0.911 bits per heavy atom. The largest absolute Gasteiger partial charge is 0.497 e. The minimum atomic E-state index is -2.79. The summed E-state index contributed by atoms with van der Waals surface area (Å²) in [5, 5.41) is 15.8. The zero-order valence-corrected chi connectivity index (χ0v) is 79.5. The lowest BCUT2D eigenvalue weighted by molar-refractivity contribution is -0.151. The van der Waals surface area contributed by atoms with Gasteiger partial charge in [-0.3, -0.25) is 28.8 Å². The lowest BCUT2D eigenvalue weighted by Gasteiger charge is -2.45. The number of thioether (sulfide) groups is 1. The van der Waals surface area contributed by atoms with Gasteiger partial charge < -0.3 is 52.1 Å². The van der Waals surface area contributed by atoms with E-state index in [2.05, 4.69) is 196 Å². The highest BCUT2D eigenvalue weighted by Crippen LogP contribution is 2.46. The van der Waals surface area contributed by atoms with E-state index in [1.807, 2.05) is 106 Å². The van der Waals surface area contributed by atoms with Crippen LogP contribution in [0.15, 0.2) is 216 Å². The minimum Gasteiger partial charge on any atom is -0.497 e. The van der Waals surface area contributed by atoms with Gasteiger partial charge in [-0.05, 0) is 173 Å². The van der Waals surface area contributed by atoms with Crippen LogP contribution in [0.1, 0.15) is 158 Å². The number of amides is 1. The fourth-order valence-electron chi connectivity index (χ4n) is 15.3. The Kier molecular flexibility index (Phi) is 35.0. The molecule has 0 spiro atoms. The van der Waals surface area contributed by atoms with Crippen LogP contribution in [0.25, 0.3) is 18.2 Å². The average molecular weight is 1750 g/mol. The Balaban J connectivity index is 0.000000205. The monoisotopic (exact) mass is 1750 g/mol. The number of hydrogen-bond donors (Lipinski definition) is 2. The van der Waals surface area contributed by atoms with Gasteiger partial charge in [-0.25, -0.2) is 9.59 Å². The van der Waals surface area contributed by atoms with E-state index in [4.69, 9.17) is 46.8 Å². The number of methoxy groups -OCH3 is 4. The van der Waals surface area contributed by atoms with Crippen molar-refractivity contribution < 1.29 is 85.2 Å². The fraction of sp³-hybridized carbons (Fsp3) is 0.420. The molecular weight excluding hydrogens is 1620 g/mol. The van der Waals surface area contributed by atoms with E-state index in [9.17, 15) is 38.4 Å². The SMILES string of the molecule is COC(=O)[C@H](CSC1CC(=O)/C(=C/C(C)C)[C@@H]1O[Si](C)(C)C(C)(C)C)NC(=O)OC(C)(C)C.COc1ccc(C=C2C(=O)CC(C)C2OC(=O)CCC(=O)O)cc1.COc1ccc(C=C2C(=O)CC(C)C2O[Si](C)(c2ccccc2)c2ccccc2)cc1.COc1ccc(C=C2C(=O)CC(C)C2O[Si](c2ccccc2)(c2ccccc2)C(C)(C)C)c(C)c1. The smallest absolute Gasteiger partial charge is 0.408 e. The molecule has 23 heteroatoms. The lowest BCUT2D eigenvalue weighted by Crippen LogP contribution is -2.68. The van der Waals surface area contributed by atoms with E-state index in [1.54, 1.807) is 60.3 Å². The summed E-state index contributed by atoms with van der Waals surface area (Å²) in [6.45, 7) is 37.4. The van der Waals surface area contributed by atoms with Crippen molar-refractivity contribution in [3.8, 4) is 17.2 Å². The number of hydrogen-bond acceptors (Lipinski definition) is 18. The number of Topliss-reactive ketones (excluding diaryl/α,β-unsaturated/α-hetero) is 4. The number of rotatable bonds is 26. The third kappa shape index (κ3) is 26.4. The number of aryl methyl sites for hydroxylation is 1. The highest BCUT2D eigenvalue weighted by Gasteiger charge is 2.55. The van der Waals surface area contributed by atoms with Gasteiger partial charge >= 0.3 is 24.0 Å². The molecule has 2 N–H and O–H groups in total. The van der Waals surface area contributed by atoms with Gasteiger partial charge in [0.2, 0.25) is 0 Å². The van der Waals surface area contributed by atoms with Gasteiger partial charge in [0, 0.05) is 64.9 Å². The predicted molar refractivity (Wildman–Crippen MR) is 498 cm³/mol. The number of aliphatic carboxylic acids is 1. The number of carbonyl (C=O) groups excluding carboxylic acids is 7. The minimum absolute atomic E-state index is 0.0103. The molecule has 19 nitrogen and oxygen atoms in total. The summed E-state index contributed by atoms with van der Waals surface area (Å²) in [4.78, 5) is 98.2. The number of ketones is 4. The van der Waals surface area contributed by atoms with Crippen molar-refractivity contribution in [2.45, 2.75) is 213 Å². The molecule has 11 rings (SSSR count). The van der Waals surface area contributed by atoms with Crippen LogP contribution in [0.4, 0.5) is 4.79 Å². The Bertz CT molecular complexity index is 4810. The first-order valence-corrected chi connectivity index (χ1v) is 50.5. The maximum Gasteiger partial charge on any atom is 0.408 e. The Hall–Kier alpha value is -9.86. The van der Waals surface area contributed by atoms with Gasteiger partial charge in [0.25, 0.3) is 16.6 Å². The Morgan fingerprint density at radius 1 is 0.496 bits per heavy atom. The van der Waals surface area contributed by atoms with E-state index in [1.165, 1.54) is 39.6 Å².